The van der Waals surface area contributed by atoms with Crippen LogP contribution in [0.4, 0.5) is 0 Å². The van der Waals surface area contributed by atoms with Crippen LogP contribution in [0.5, 0.6) is 0 Å². The second-order valence-electron chi connectivity index (χ2n) is 4.01. The highest BCUT2D eigenvalue weighted by atomic mass is 32.2. The summed E-state index contributed by atoms with van der Waals surface area (Å²) in [5, 5.41) is 18.1. The van der Waals surface area contributed by atoms with Crippen molar-refractivity contribution in [3.8, 4) is 6.07 Å². The summed E-state index contributed by atoms with van der Waals surface area (Å²) in [5.74, 6) is 0. The summed E-state index contributed by atoms with van der Waals surface area (Å²) in [4.78, 5) is 0.129. The van der Waals surface area contributed by atoms with Gasteiger partial charge in [0.1, 0.15) is 0 Å². The van der Waals surface area contributed by atoms with E-state index in [9.17, 15) is 13.5 Å². The highest BCUT2D eigenvalue weighted by Gasteiger charge is 2.17. The summed E-state index contributed by atoms with van der Waals surface area (Å²) < 4.78 is 26.3. The van der Waals surface area contributed by atoms with E-state index in [1.807, 2.05) is 6.07 Å². The third-order valence-electron chi connectivity index (χ3n) is 2.57. The van der Waals surface area contributed by atoms with Gasteiger partial charge in [-0.15, -0.1) is 0 Å². The number of aliphatic hydroxyl groups is 1. The van der Waals surface area contributed by atoms with Gasteiger partial charge < -0.3 is 5.11 Å². The van der Waals surface area contributed by atoms with Gasteiger partial charge in [0.25, 0.3) is 0 Å². The minimum absolute atomic E-state index is 0.0156. The normalized spacial score (nSPS) is 13.0. The molecule has 5 nitrogen and oxygen atoms in total. The van der Waals surface area contributed by atoms with E-state index in [1.165, 1.54) is 18.2 Å². The maximum absolute atomic E-state index is 12.0. The van der Waals surface area contributed by atoms with Crippen LogP contribution in [0.2, 0.25) is 0 Å². The SMILES string of the molecule is CCC(O)CNS(=O)(=O)c1ccc(C#N)cc1C. The van der Waals surface area contributed by atoms with Crippen molar-refractivity contribution in [2.75, 3.05) is 6.54 Å². The molecule has 0 amide bonds. The summed E-state index contributed by atoms with van der Waals surface area (Å²) in [7, 11) is -3.64. The number of hydrogen-bond acceptors (Lipinski definition) is 4. The average Bonchev–Trinajstić information content (AvgIpc) is 2.35. The van der Waals surface area contributed by atoms with Gasteiger partial charge in [0.2, 0.25) is 10.0 Å². The van der Waals surface area contributed by atoms with Crippen LogP contribution in [0.15, 0.2) is 23.1 Å². The molecular weight excluding hydrogens is 252 g/mol. The molecule has 2 N–H and O–H groups in total. The van der Waals surface area contributed by atoms with E-state index in [0.717, 1.165) is 0 Å². The Morgan fingerprint density at radius 1 is 1.50 bits per heavy atom. The van der Waals surface area contributed by atoms with Crippen molar-refractivity contribution < 1.29 is 13.5 Å². The molecule has 0 radical (unpaired) electrons. The van der Waals surface area contributed by atoms with E-state index >= 15 is 0 Å². The highest BCUT2D eigenvalue weighted by molar-refractivity contribution is 7.89. The van der Waals surface area contributed by atoms with Crippen LogP contribution in [0.3, 0.4) is 0 Å². The van der Waals surface area contributed by atoms with Crippen molar-refractivity contribution >= 4 is 10.0 Å². The molecule has 1 unspecified atom stereocenters. The number of hydrogen-bond donors (Lipinski definition) is 2. The third kappa shape index (κ3) is 3.53. The van der Waals surface area contributed by atoms with Crippen LogP contribution < -0.4 is 4.72 Å². The first-order chi connectivity index (χ1) is 8.40. The lowest BCUT2D eigenvalue weighted by atomic mass is 10.2. The van der Waals surface area contributed by atoms with Crippen LogP contribution in [0.25, 0.3) is 0 Å². The molecule has 6 heteroatoms. The summed E-state index contributed by atoms with van der Waals surface area (Å²) >= 11 is 0. The van der Waals surface area contributed by atoms with Gasteiger partial charge in [0, 0.05) is 6.54 Å². The number of aliphatic hydroxyl groups excluding tert-OH is 1. The number of nitrogens with zero attached hydrogens (tertiary/aromatic N) is 1. The van der Waals surface area contributed by atoms with Gasteiger partial charge in [-0.2, -0.15) is 5.26 Å². The predicted molar refractivity (Wildman–Crippen MR) is 67.4 cm³/mol. The molecule has 1 atom stereocenters. The van der Waals surface area contributed by atoms with Crippen LogP contribution in [0, 0.1) is 18.3 Å². The fourth-order valence-electron chi connectivity index (χ4n) is 1.45. The lowest BCUT2D eigenvalue weighted by Gasteiger charge is -2.12. The Morgan fingerprint density at radius 3 is 2.67 bits per heavy atom. The van der Waals surface area contributed by atoms with E-state index in [1.54, 1.807) is 13.8 Å². The Bertz CT molecular complexity index is 561. The molecule has 0 heterocycles. The molecule has 18 heavy (non-hydrogen) atoms. The second-order valence-corrected chi connectivity index (χ2v) is 5.74. The molecule has 0 bridgehead atoms. The number of aryl methyl sites for hydroxylation is 1. The average molecular weight is 268 g/mol. The zero-order valence-corrected chi connectivity index (χ0v) is 11.2. The van der Waals surface area contributed by atoms with Gasteiger partial charge in [-0.1, -0.05) is 6.92 Å². The zero-order valence-electron chi connectivity index (χ0n) is 10.3. The number of sulfonamides is 1. The second kappa shape index (κ2) is 5.96. The zero-order chi connectivity index (χ0) is 13.8. The van der Waals surface area contributed by atoms with E-state index < -0.39 is 16.1 Å². The van der Waals surface area contributed by atoms with Crippen molar-refractivity contribution in [3.05, 3.63) is 29.3 Å². The fraction of sp³-hybridized carbons (Fsp3) is 0.417. The number of nitriles is 1. The molecular formula is C12H16N2O3S. The van der Waals surface area contributed by atoms with Crippen molar-refractivity contribution in [2.24, 2.45) is 0 Å². The lowest BCUT2D eigenvalue weighted by Crippen LogP contribution is -2.32. The Balaban J connectivity index is 2.96. The molecule has 0 spiro atoms. The molecule has 1 aromatic rings. The van der Waals surface area contributed by atoms with Crippen LogP contribution in [0.1, 0.15) is 24.5 Å². The molecule has 0 aromatic heterocycles. The first kappa shape index (κ1) is 14.6. The van der Waals surface area contributed by atoms with Gasteiger partial charge in [-0.3, -0.25) is 0 Å². The van der Waals surface area contributed by atoms with E-state index in [0.29, 0.717) is 17.5 Å². The molecule has 1 aromatic carbocycles. The van der Waals surface area contributed by atoms with E-state index in [2.05, 4.69) is 4.72 Å². The lowest BCUT2D eigenvalue weighted by molar-refractivity contribution is 0.174. The monoisotopic (exact) mass is 268 g/mol. The van der Waals surface area contributed by atoms with Crippen LogP contribution in [-0.2, 0) is 10.0 Å². The summed E-state index contributed by atoms with van der Waals surface area (Å²) in [6.45, 7) is 3.38. The maximum atomic E-state index is 12.0. The molecule has 0 saturated heterocycles. The summed E-state index contributed by atoms with van der Waals surface area (Å²) in [6, 6.07) is 6.32. The number of rotatable bonds is 5. The highest BCUT2D eigenvalue weighted by Crippen LogP contribution is 2.16. The molecule has 0 aliphatic carbocycles. The van der Waals surface area contributed by atoms with Gasteiger partial charge in [0.15, 0.2) is 0 Å². The molecule has 0 aliphatic heterocycles. The van der Waals surface area contributed by atoms with E-state index in [4.69, 9.17) is 5.26 Å². The predicted octanol–water partition coefficient (Wildman–Crippen LogP) is 0.916. The Labute approximate surface area is 107 Å². The number of nitrogens with one attached hydrogen (secondary N) is 1. The van der Waals surface area contributed by atoms with Crippen molar-refractivity contribution in [1.29, 1.82) is 5.26 Å². The molecule has 1 rings (SSSR count). The Hall–Kier alpha value is -1.42. The maximum Gasteiger partial charge on any atom is 0.240 e. The summed E-state index contributed by atoms with van der Waals surface area (Å²) in [5.41, 5.74) is 0.924. The standard InChI is InChI=1S/C12H16N2O3S/c1-3-11(15)8-14-18(16,17)12-5-4-10(7-13)6-9(12)2/h4-6,11,14-15H,3,8H2,1-2H3. The van der Waals surface area contributed by atoms with Gasteiger partial charge in [-0.25, -0.2) is 13.1 Å². The van der Waals surface area contributed by atoms with Gasteiger partial charge >= 0.3 is 0 Å². The van der Waals surface area contributed by atoms with E-state index in [-0.39, 0.29) is 11.4 Å². The minimum atomic E-state index is -3.64. The fourth-order valence-corrected chi connectivity index (χ4v) is 2.75. The van der Waals surface area contributed by atoms with Crippen molar-refractivity contribution in [2.45, 2.75) is 31.3 Å². The summed E-state index contributed by atoms with van der Waals surface area (Å²) in [6.07, 6.45) is -0.215. The number of benzene rings is 1. The molecule has 0 saturated carbocycles. The van der Waals surface area contributed by atoms with Crippen LogP contribution >= 0.6 is 0 Å². The quantitative estimate of drug-likeness (QED) is 0.830. The first-order valence-electron chi connectivity index (χ1n) is 5.59. The van der Waals surface area contributed by atoms with Crippen molar-refractivity contribution in [1.82, 2.24) is 4.72 Å². The minimum Gasteiger partial charge on any atom is -0.392 e. The molecule has 98 valence electrons. The van der Waals surface area contributed by atoms with Gasteiger partial charge in [-0.05, 0) is 37.1 Å². The molecule has 0 fully saturated rings. The Morgan fingerprint density at radius 2 is 2.17 bits per heavy atom. The van der Waals surface area contributed by atoms with Crippen molar-refractivity contribution in [3.63, 3.8) is 0 Å². The first-order valence-corrected chi connectivity index (χ1v) is 7.07. The van der Waals surface area contributed by atoms with Gasteiger partial charge in [0.05, 0.1) is 22.6 Å². The molecule has 0 aliphatic rings. The Kier molecular flexibility index (Phi) is 4.84. The topological polar surface area (TPSA) is 90.2 Å². The largest absolute Gasteiger partial charge is 0.392 e. The smallest absolute Gasteiger partial charge is 0.240 e. The van der Waals surface area contributed by atoms with Crippen LogP contribution in [-0.4, -0.2) is 26.2 Å². The third-order valence-corrected chi connectivity index (χ3v) is 4.16.